The van der Waals surface area contributed by atoms with E-state index in [1.165, 1.54) is 11.1 Å². The van der Waals surface area contributed by atoms with Gasteiger partial charge in [-0.25, -0.2) is 4.57 Å². The Bertz CT molecular complexity index is 803. The van der Waals surface area contributed by atoms with E-state index in [1.54, 1.807) is 4.34 Å². The molecule has 0 amide bonds. The van der Waals surface area contributed by atoms with E-state index in [0.29, 0.717) is 0 Å². The first-order chi connectivity index (χ1) is 11.9. The molecule has 0 saturated heterocycles. The molecule has 4 rings (SSSR count). The maximum Gasteiger partial charge on any atom is 0.439 e. The molecule has 136 valence electrons. The summed E-state index contributed by atoms with van der Waals surface area (Å²) in [6.07, 6.45) is 6.98. The van der Waals surface area contributed by atoms with E-state index in [-0.39, 0.29) is 12.2 Å². The van der Waals surface area contributed by atoms with Gasteiger partial charge in [0.2, 0.25) is 0 Å². The zero-order chi connectivity index (χ0) is 17.6. The van der Waals surface area contributed by atoms with Crippen LogP contribution in [0.25, 0.3) is 10.9 Å². The number of rotatable bonds is 8. The number of hydrogen-bond acceptors (Lipinski definition) is 4. The highest BCUT2D eigenvalue weighted by molar-refractivity contribution is 7.52. The molecule has 0 spiro atoms. The van der Waals surface area contributed by atoms with Gasteiger partial charge in [0.15, 0.2) is 0 Å². The second kappa shape index (κ2) is 6.55. The minimum absolute atomic E-state index is 0.0812. The normalized spacial score (nSPS) is 18.4. The molecule has 0 bridgehead atoms. The van der Waals surface area contributed by atoms with Crippen LogP contribution in [0.2, 0.25) is 0 Å². The van der Waals surface area contributed by atoms with E-state index in [0.717, 1.165) is 49.6 Å². The van der Waals surface area contributed by atoms with Crippen molar-refractivity contribution in [3.05, 3.63) is 35.5 Å². The molecule has 2 aliphatic rings. The number of likely N-dealkylation sites (N-methyl/N-ethyl adjacent to an activating group) is 1. The Morgan fingerprint density at radius 2 is 1.80 bits per heavy atom. The standard InChI is InChI=1S/C19H27N2O3P/c1-14-4-9-19-18(12-14)15(10-11-20(2)3)13-21(19)25(22,23-16-5-6-16)24-17-7-8-17/h4,9,12-13,16-17H,5-8,10-11H2,1-3H3. The average Bonchev–Trinajstić information content (AvgIpc) is 3.47. The Hall–Kier alpha value is -1.13. The molecule has 6 heteroatoms. The minimum atomic E-state index is -3.34. The third kappa shape index (κ3) is 3.85. The molecule has 2 aromatic rings. The number of nitrogens with zero attached hydrogens (tertiary/aromatic N) is 2. The van der Waals surface area contributed by atoms with Gasteiger partial charge in [-0.1, -0.05) is 11.6 Å². The van der Waals surface area contributed by atoms with Crippen LogP contribution in [0, 0.1) is 6.92 Å². The summed E-state index contributed by atoms with van der Waals surface area (Å²) in [5.74, 6) is 0. The van der Waals surface area contributed by atoms with Gasteiger partial charge in [-0.2, -0.15) is 0 Å². The fraction of sp³-hybridized carbons (Fsp3) is 0.579. The molecule has 0 unspecified atom stereocenters. The lowest BCUT2D eigenvalue weighted by molar-refractivity contribution is 0.183. The summed E-state index contributed by atoms with van der Waals surface area (Å²) in [5, 5.41) is 1.15. The molecule has 25 heavy (non-hydrogen) atoms. The van der Waals surface area contributed by atoms with Gasteiger partial charge in [0.25, 0.3) is 0 Å². The quantitative estimate of drug-likeness (QED) is 0.654. The highest BCUT2D eigenvalue weighted by atomic mass is 31.2. The molecule has 0 radical (unpaired) electrons. The molecular weight excluding hydrogens is 335 g/mol. The van der Waals surface area contributed by atoms with Crippen LogP contribution in [0.15, 0.2) is 24.4 Å². The van der Waals surface area contributed by atoms with Gasteiger partial charge < -0.3 is 4.90 Å². The van der Waals surface area contributed by atoms with E-state index in [4.69, 9.17) is 9.05 Å². The molecule has 0 atom stereocenters. The van der Waals surface area contributed by atoms with Crippen LogP contribution in [-0.2, 0) is 20.0 Å². The summed E-state index contributed by atoms with van der Waals surface area (Å²) in [6, 6.07) is 6.28. The summed E-state index contributed by atoms with van der Waals surface area (Å²) < 4.78 is 27.4. The van der Waals surface area contributed by atoms with Crippen molar-refractivity contribution < 1.29 is 13.6 Å². The van der Waals surface area contributed by atoms with Crippen molar-refractivity contribution in [2.24, 2.45) is 0 Å². The molecule has 5 nitrogen and oxygen atoms in total. The van der Waals surface area contributed by atoms with Crippen molar-refractivity contribution in [3.8, 4) is 0 Å². The number of fused-ring (bicyclic) bond motifs is 1. The molecule has 2 aliphatic carbocycles. The third-order valence-electron chi connectivity index (χ3n) is 4.73. The van der Waals surface area contributed by atoms with E-state index in [1.807, 2.05) is 12.3 Å². The van der Waals surface area contributed by atoms with Gasteiger partial charge in [-0.15, -0.1) is 0 Å². The monoisotopic (exact) mass is 362 g/mol. The molecule has 1 aromatic heterocycles. The summed E-state index contributed by atoms with van der Waals surface area (Å²) >= 11 is 0. The Morgan fingerprint density at radius 1 is 1.16 bits per heavy atom. The van der Waals surface area contributed by atoms with Crippen molar-refractivity contribution in [1.29, 1.82) is 0 Å². The molecule has 0 N–H and O–H groups in total. The number of benzene rings is 1. The number of hydrogen-bond donors (Lipinski definition) is 0. The molecule has 1 heterocycles. The van der Waals surface area contributed by atoms with Crippen LogP contribution in [0.5, 0.6) is 0 Å². The smallest absolute Gasteiger partial charge is 0.309 e. The van der Waals surface area contributed by atoms with Gasteiger partial charge in [0.1, 0.15) is 0 Å². The maximum atomic E-state index is 13.7. The van der Waals surface area contributed by atoms with Gasteiger partial charge in [-0.3, -0.25) is 13.4 Å². The molecule has 0 aliphatic heterocycles. The van der Waals surface area contributed by atoms with Crippen molar-refractivity contribution in [2.75, 3.05) is 20.6 Å². The van der Waals surface area contributed by atoms with E-state index >= 15 is 0 Å². The highest BCUT2D eigenvalue weighted by Gasteiger charge is 2.42. The van der Waals surface area contributed by atoms with Gasteiger partial charge in [-0.05, 0) is 70.8 Å². The largest absolute Gasteiger partial charge is 0.439 e. The predicted molar refractivity (Wildman–Crippen MR) is 100 cm³/mol. The van der Waals surface area contributed by atoms with Crippen LogP contribution in [-0.4, -0.2) is 42.1 Å². The van der Waals surface area contributed by atoms with E-state index in [2.05, 4.69) is 38.1 Å². The van der Waals surface area contributed by atoms with Crippen LogP contribution < -0.4 is 0 Å². The average molecular weight is 362 g/mol. The topological polar surface area (TPSA) is 43.7 Å². The lowest BCUT2D eigenvalue weighted by Crippen LogP contribution is -2.14. The second-order valence-corrected chi connectivity index (χ2v) is 9.44. The number of aryl methyl sites for hydroxylation is 1. The van der Waals surface area contributed by atoms with Crippen LogP contribution in [0.3, 0.4) is 0 Å². The third-order valence-corrected chi connectivity index (χ3v) is 6.72. The van der Waals surface area contributed by atoms with Crippen molar-refractivity contribution >= 4 is 18.6 Å². The number of aromatic nitrogens is 1. The van der Waals surface area contributed by atoms with Crippen molar-refractivity contribution in [1.82, 2.24) is 9.24 Å². The fourth-order valence-electron chi connectivity index (χ4n) is 2.99. The Kier molecular flexibility index (Phi) is 4.53. The summed E-state index contributed by atoms with van der Waals surface area (Å²) in [5.41, 5.74) is 3.35. The van der Waals surface area contributed by atoms with Gasteiger partial charge >= 0.3 is 7.75 Å². The Labute approximate surface area is 149 Å². The zero-order valence-corrected chi connectivity index (χ0v) is 16.2. The molecule has 2 fully saturated rings. The first-order valence-corrected chi connectivity index (χ1v) is 10.7. The minimum Gasteiger partial charge on any atom is -0.309 e. The van der Waals surface area contributed by atoms with Crippen LogP contribution in [0.1, 0.15) is 36.8 Å². The molecule has 1 aromatic carbocycles. The van der Waals surface area contributed by atoms with Gasteiger partial charge in [0.05, 0.1) is 17.7 Å². The van der Waals surface area contributed by atoms with E-state index < -0.39 is 7.75 Å². The lowest BCUT2D eigenvalue weighted by atomic mass is 10.1. The fourth-order valence-corrected chi connectivity index (χ4v) is 5.14. The molecule has 2 saturated carbocycles. The predicted octanol–water partition coefficient (Wildman–Crippen LogP) is 4.37. The Balaban J connectivity index is 1.76. The van der Waals surface area contributed by atoms with Crippen LogP contribution in [0.4, 0.5) is 0 Å². The second-order valence-electron chi connectivity index (χ2n) is 7.65. The highest BCUT2D eigenvalue weighted by Crippen LogP contribution is 2.59. The zero-order valence-electron chi connectivity index (χ0n) is 15.3. The Morgan fingerprint density at radius 3 is 2.36 bits per heavy atom. The van der Waals surface area contributed by atoms with E-state index in [9.17, 15) is 4.57 Å². The summed E-state index contributed by atoms with van der Waals surface area (Å²) in [7, 11) is 0.799. The first kappa shape index (κ1) is 17.3. The van der Waals surface area contributed by atoms with Crippen LogP contribution >= 0.6 is 7.75 Å². The summed E-state index contributed by atoms with van der Waals surface area (Å²) in [4.78, 5) is 2.17. The van der Waals surface area contributed by atoms with Crippen molar-refractivity contribution in [2.45, 2.75) is 51.2 Å². The summed E-state index contributed by atoms with van der Waals surface area (Å²) in [6.45, 7) is 3.04. The lowest BCUT2D eigenvalue weighted by Gasteiger charge is -2.20. The first-order valence-electron chi connectivity index (χ1n) is 9.17. The van der Waals surface area contributed by atoms with Gasteiger partial charge in [0, 0.05) is 18.1 Å². The molecular formula is C19H27N2O3P. The SMILES string of the molecule is Cc1ccc2c(c1)c(CCN(C)C)cn2P(=O)(OC1CC1)OC1CC1. The maximum absolute atomic E-state index is 13.7. The van der Waals surface area contributed by atoms with Crippen molar-refractivity contribution in [3.63, 3.8) is 0 Å².